The number of piperidine rings is 1. The van der Waals surface area contributed by atoms with E-state index < -0.39 is 5.54 Å². The van der Waals surface area contributed by atoms with Crippen LogP contribution in [0.4, 0.5) is 0 Å². The van der Waals surface area contributed by atoms with Crippen molar-refractivity contribution < 1.29 is 14.3 Å². The molecule has 5 heteroatoms. The van der Waals surface area contributed by atoms with E-state index in [2.05, 4.69) is 12.2 Å². The summed E-state index contributed by atoms with van der Waals surface area (Å²) in [5, 5.41) is 3.02. The fraction of sp³-hybridized carbons (Fsp3) is 0.600. The first kappa shape index (κ1) is 17.8. The number of likely N-dealkylation sites (tertiary alicyclic amines) is 1. The first-order chi connectivity index (χ1) is 12.1. The predicted molar refractivity (Wildman–Crippen MR) is 96.9 cm³/mol. The number of fused-ring (bicyclic) bond motifs is 1. The number of hydrogen-bond donors (Lipinski definition) is 1. The standard InChI is InChI=1S/C20H28N2O3/c1-3-4-11-21-19(24)20(2)10-5-6-12-22(20)18(23)16-7-8-17-15(14-16)9-13-25-17/h7-8,14H,3-6,9-13H2,1-2H3,(H,21,24). The largest absolute Gasteiger partial charge is 0.493 e. The Hall–Kier alpha value is -2.04. The van der Waals surface area contributed by atoms with Gasteiger partial charge in [-0.1, -0.05) is 13.3 Å². The lowest BCUT2D eigenvalue weighted by Crippen LogP contribution is -2.61. The third-order valence-electron chi connectivity index (χ3n) is 5.38. The number of nitrogens with one attached hydrogen (secondary N) is 1. The van der Waals surface area contributed by atoms with Crippen LogP contribution in [0.15, 0.2) is 18.2 Å². The lowest BCUT2D eigenvalue weighted by atomic mass is 9.86. The Morgan fingerprint density at radius 3 is 2.96 bits per heavy atom. The van der Waals surface area contributed by atoms with E-state index in [0.29, 0.717) is 31.7 Å². The fourth-order valence-electron chi connectivity index (χ4n) is 3.73. The molecule has 1 saturated heterocycles. The zero-order valence-corrected chi connectivity index (χ0v) is 15.3. The van der Waals surface area contributed by atoms with Crippen LogP contribution in [0.25, 0.3) is 0 Å². The predicted octanol–water partition coefficient (Wildman–Crippen LogP) is 2.92. The maximum atomic E-state index is 13.2. The van der Waals surface area contributed by atoms with Crippen molar-refractivity contribution in [2.75, 3.05) is 19.7 Å². The van der Waals surface area contributed by atoms with Crippen LogP contribution < -0.4 is 10.1 Å². The summed E-state index contributed by atoms with van der Waals surface area (Å²) in [6.45, 7) is 5.98. The molecule has 2 aliphatic heterocycles. The van der Waals surface area contributed by atoms with Crippen LogP contribution >= 0.6 is 0 Å². The third-order valence-corrected chi connectivity index (χ3v) is 5.38. The zero-order valence-electron chi connectivity index (χ0n) is 15.3. The van der Waals surface area contributed by atoms with Gasteiger partial charge in [0.1, 0.15) is 11.3 Å². The van der Waals surface area contributed by atoms with Crippen molar-refractivity contribution >= 4 is 11.8 Å². The molecule has 1 unspecified atom stereocenters. The summed E-state index contributed by atoms with van der Waals surface area (Å²) in [5.74, 6) is 0.788. The molecule has 2 aliphatic rings. The van der Waals surface area contributed by atoms with E-state index in [0.717, 1.165) is 43.4 Å². The summed E-state index contributed by atoms with van der Waals surface area (Å²) in [5.41, 5.74) is 0.967. The Bertz CT molecular complexity index is 658. The molecule has 0 bridgehead atoms. The van der Waals surface area contributed by atoms with Crippen molar-refractivity contribution in [1.29, 1.82) is 0 Å². The molecule has 2 heterocycles. The van der Waals surface area contributed by atoms with Crippen molar-refractivity contribution in [2.45, 2.75) is 57.9 Å². The highest BCUT2D eigenvalue weighted by molar-refractivity contribution is 5.99. The summed E-state index contributed by atoms with van der Waals surface area (Å²) >= 11 is 0. The van der Waals surface area contributed by atoms with Crippen LogP contribution in [0, 0.1) is 0 Å². The molecular formula is C20H28N2O3. The van der Waals surface area contributed by atoms with Crippen LogP contribution in [0.3, 0.4) is 0 Å². The molecule has 1 atom stereocenters. The van der Waals surface area contributed by atoms with Crippen molar-refractivity contribution in [1.82, 2.24) is 10.2 Å². The highest BCUT2D eigenvalue weighted by atomic mass is 16.5. The Labute approximate surface area is 149 Å². The number of ether oxygens (including phenoxy) is 1. The minimum absolute atomic E-state index is 0.0292. The van der Waals surface area contributed by atoms with E-state index in [1.807, 2.05) is 25.1 Å². The van der Waals surface area contributed by atoms with E-state index in [1.165, 1.54) is 0 Å². The van der Waals surface area contributed by atoms with E-state index in [9.17, 15) is 9.59 Å². The number of unbranched alkanes of at least 4 members (excludes halogenated alkanes) is 1. The molecule has 0 aliphatic carbocycles. The molecule has 1 fully saturated rings. The number of rotatable bonds is 5. The SMILES string of the molecule is CCCCNC(=O)C1(C)CCCCN1C(=O)c1ccc2c(c1)CCO2. The minimum atomic E-state index is -0.765. The lowest BCUT2D eigenvalue weighted by Gasteiger charge is -2.43. The molecule has 0 radical (unpaired) electrons. The van der Waals surface area contributed by atoms with Gasteiger partial charge in [-0.15, -0.1) is 0 Å². The number of amides is 2. The average molecular weight is 344 g/mol. The topological polar surface area (TPSA) is 58.6 Å². The smallest absolute Gasteiger partial charge is 0.254 e. The van der Waals surface area contributed by atoms with Gasteiger partial charge in [-0.3, -0.25) is 9.59 Å². The summed E-state index contributed by atoms with van der Waals surface area (Å²) in [4.78, 5) is 27.7. The van der Waals surface area contributed by atoms with Gasteiger partial charge in [0.25, 0.3) is 5.91 Å². The second-order valence-corrected chi connectivity index (χ2v) is 7.22. The normalized spacial score (nSPS) is 22.2. The van der Waals surface area contributed by atoms with Crippen LogP contribution in [0.1, 0.15) is 61.9 Å². The molecule has 1 aromatic rings. The average Bonchev–Trinajstić information content (AvgIpc) is 3.09. The number of benzene rings is 1. The van der Waals surface area contributed by atoms with Crippen molar-refractivity contribution in [2.24, 2.45) is 0 Å². The first-order valence-corrected chi connectivity index (χ1v) is 9.42. The molecule has 25 heavy (non-hydrogen) atoms. The monoisotopic (exact) mass is 344 g/mol. The van der Waals surface area contributed by atoms with E-state index >= 15 is 0 Å². The quantitative estimate of drug-likeness (QED) is 0.836. The Balaban J connectivity index is 1.80. The van der Waals surface area contributed by atoms with Gasteiger partial charge in [-0.25, -0.2) is 0 Å². The number of carbonyl (C=O) groups is 2. The molecule has 2 amide bonds. The van der Waals surface area contributed by atoms with Gasteiger partial charge in [0.15, 0.2) is 0 Å². The number of carbonyl (C=O) groups excluding carboxylic acids is 2. The van der Waals surface area contributed by atoms with Crippen molar-refractivity contribution in [3.63, 3.8) is 0 Å². The Morgan fingerprint density at radius 2 is 2.16 bits per heavy atom. The van der Waals surface area contributed by atoms with Gasteiger partial charge >= 0.3 is 0 Å². The van der Waals surface area contributed by atoms with E-state index in [4.69, 9.17) is 4.74 Å². The van der Waals surface area contributed by atoms with E-state index in [1.54, 1.807) is 4.90 Å². The maximum absolute atomic E-state index is 13.2. The van der Waals surface area contributed by atoms with Crippen LogP contribution in [-0.2, 0) is 11.2 Å². The molecule has 136 valence electrons. The Kier molecular flexibility index (Phi) is 5.30. The highest BCUT2D eigenvalue weighted by Gasteiger charge is 2.43. The minimum Gasteiger partial charge on any atom is -0.493 e. The van der Waals surface area contributed by atoms with Gasteiger partial charge in [0.05, 0.1) is 6.61 Å². The summed E-state index contributed by atoms with van der Waals surface area (Å²) < 4.78 is 5.52. The van der Waals surface area contributed by atoms with Crippen LogP contribution in [-0.4, -0.2) is 41.9 Å². The van der Waals surface area contributed by atoms with Gasteiger partial charge in [0, 0.05) is 25.1 Å². The Morgan fingerprint density at radius 1 is 1.32 bits per heavy atom. The summed E-state index contributed by atoms with van der Waals surface area (Å²) in [6, 6.07) is 5.61. The number of nitrogens with zero attached hydrogens (tertiary/aromatic N) is 1. The molecule has 0 spiro atoms. The van der Waals surface area contributed by atoms with Gasteiger partial charge in [-0.2, -0.15) is 0 Å². The van der Waals surface area contributed by atoms with Crippen molar-refractivity contribution in [3.05, 3.63) is 29.3 Å². The molecule has 0 saturated carbocycles. The number of hydrogen-bond acceptors (Lipinski definition) is 3. The summed E-state index contributed by atoms with van der Waals surface area (Å²) in [7, 11) is 0. The molecular weight excluding hydrogens is 316 g/mol. The highest BCUT2D eigenvalue weighted by Crippen LogP contribution is 2.32. The fourth-order valence-corrected chi connectivity index (χ4v) is 3.73. The van der Waals surface area contributed by atoms with Gasteiger partial charge < -0.3 is 15.0 Å². The van der Waals surface area contributed by atoms with Crippen LogP contribution in [0.5, 0.6) is 5.75 Å². The second kappa shape index (κ2) is 7.46. The third kappa shape index (κ3) is 3.51. The van der Waals surface area contributed by atoms with E-state index in [-0.39, 0.29) is 11.8 Å². The molecule has 3 rings (SSSR count). The maximum Gasteiger partial charge on any atom is 0.254 e. The summed E-state index contributed by atoms with van der Waals surface area (Å²) in [6.07, 6.45) is 5.46. The molecule has 1 N–H and O–H groups in total. The molecule has 5 nitrogen and oxygen atoms in total. The van der Waals surface area contributed by atoms with Gasteiger partial charge in [-0.05, 0) is 56.4 Å². The molecule has 0 aromatic heterocycles. The van der Waals surface area contributed by atoms with Crippen LogP contribution in [0.2, 0.25) is 0 Å². The van der Waals surface area contributed by atoms with Gasteiger partial charge in [0.2, 0.25) is 5.91 Å². The van der Waals surface area contributed by atoms with Crippen molar-refractivity contribution in [3.8, 4) is 5.75 Å². The molecule has 1 aromatic carbocycles. The second-order valence-electron chi connectivity index (χ2n) is 7.22. The lowest BCUT2D eigenvalue weighted by molar-refractivity contribution is -0.133. The zero-order chi connectivity index (χ0) is 17.9. The first-order valence-electron chi connectivity index (χ1n) is 9.42.